The summed E-state index contributed by atoms with van der Waals surface area (Å²) in [6.45, 7) is 3.12. The van der Waals surface area contributed by atoms with Crippen LogP contribution in [0.5, 0.6) is 0 Å². The molecule has 7 nitrogen and oxygen atoms in total. The van der Waals surface area contributed by atoms with Crippen molar-refractivity contribution in [2.24, 2.45) is 0 Å². The first kappa shape index (κ1) is 20.5. The molecule has 1 aromatic carbocycles. The van der Waals surface area contributed by atoms with Crippen molar-refractivity contribution in [3.8, 4) is 0 Å². The molecule has 1 amide bonds. The number of anilines is 1. The van der Waals surface area contributed by atoms with E-state index in [9.17, 15) is 22.4 Å². The number of thioether (sulfide) groups is 1. The predicted octanol–water partition coefficient (Wildman–Crippen LogP) is 2.62. The third kappa shape index (κ3) is 4.79. The third-order valence-corrected chi connectivity index (χ3v) is 7.18. The fourth-order valence-corrected chi connectivity index (χ4v) is 5.43. The van der Waals surface area contributed by atoms with Crippen molar-refractivity contribution in [3.63, 3.8) is 0 Å². The smallest absolute Gasteiger partial charge is 0.235 e. The van der Waals surface area contributed by atoms with E-state index in [-0.39, 0.29) is 45.4 Å². The van der Waals surface area contributed by atoms with Crippen LogP contribution in [0.1, 0.15) is 35.4 Å². The Bertz CT molecular complexity index is 1030. The number of Topliss-reactive ketones (excluding diaryl/α,β-unsaturated/α-hetero) is 1. The molecular weight excluding hydrogens is 405 g/mol. The molecule has 0 radical (unpaired) electrons. The van der Waals surface area contributed by atoms with E-state index >= 15 is 0 Å². The molecule has 1 unspecified atom stereocenters. The highest BCUT2D eigenvalue weighted by Gasteiger charge is 2.31. The summed E-state index contributed by atoms with van der Waals surface area (Å²) in [7, 11) is -3.08. The maximum atomic E-state index is 14.1. The van der Waals surface area contributed by atoms with Gasteiger partial charge >= 0.3 is 0 Å². The number of hydrogen-bond donors (Lipinski definition) is 1. The maximum absolute atomic E-state index is 14.1. The Kier molecular flexibility index (Phi) is 5.90. The number of benzene rings is 1. The molecule has 3 rings (SSSR count). The zero-order valence-electron chi connectivity index (χ0n) is 15.4. The van der Waals surface area contributed by atoms with Gasteiger partial charge in [-0.1, -0.05) is 6.07 Å². The lowest BCUT2D eigenvalue weighted by Crippen LogP contribution is -2.20. The van der Waals surface area contributed by atoms with Gasteiger partial charge in [-0.2, -0.15) is 5.10 Å². The number of hydrogen-bond acceptors (Lipinski definition) is 6. The fourth-order valence-electron chi connectivity index (χ4n) is 3.02. The monoisotopic (exact) mass is 425 g/mol. The zero-order chi connectivity index (χ0) is 20.5. The van der Waals surface area contributed by atoms with Crippen LogP contribution in [0.25, 0.3) is 0 Å². The van der Waals surface area contributed by atoms with Crippen molar-refractivity contribution < 1.29 is 22.4 Å². The molecule has 1 aliphatic heterocycles. The van der Waals surface area contributed by atoms with Crippen LogP contribution in [0, 0.1) is 12.7 Å². The van der Waals surface area contributed by atoms with E-state index in [1.54, 1.807) is 17.7 Å². The second-order valence-corrected chi connectivity index (χ2v) is 9.96. The van der Waals surface area contributed by atoms with E-state index in [2.05, 4.69) is 10.4 Å². The minimum atomic E-state index is -3.08. The number of amides is 1. The lowest BCUT2D eigenvalue weighted by Gasteiger charge is -2.13. The molecule has 0 bridgehead atoms. The Morgan fingerprint density at radius 1 is 1.36 bits per heavy atom. The largest absolute Gasteiger partial charge is 0.310 e. The molecule has 1 fully saturated rings. The summed E-state index contributed by atoms with van der Waals surface area (Å²) in [5.41, 5.74) is 0.940. The van der Waals surface area contributed by atoms with Crippen LogP contribution in [-0.4, -0.2) is 47.1 Å². The van der Waals surface area contributed by atoms with Gasteiger partial charge in [0.2, 0.25) is 5.91 Å². The normalized spacial score (nSPS) is 18.2. The molecular formula is C18H20FN3O4S2. The summed E-state index contributed by atoms with van der Waals surface area (Å²) in [6, 6.07) is 5.52. The summed E-state index contributed by atoms with van der Waals surface area (Å²) >= 11 is 1.02. The molecule has 1 atom stereocenters. The molecule has 10 heteroatoms. The van der Waals surface area contributed by atoms with Crippen LogP contribution in [0.4, 0.5) is 10.2 Å². The van der Waals surface area contributed by atoms with Crippen molar-refractivity contribution in [1.82, 2.24) is 9.78 Å². The van der Waals surface area contributed by atoms with E-state index < -0.39 is 15.7 Å². The number of rotatable bonds is 6. The molecule has 1 saturated heterocycles. The molecule has 0 aliphatic carbocycles. The summed E-state index contributed by atoms with van der Waals surface area (Å²) in [6.07, 6.45) is 0.453. The van der Waals surface area contributed by atoms with Crippen molar-refractivity contribution in [2.45, 2.75) is 31.2 Å². The summed E-state index contributed by atoms with van der Waals surface area (Å²) in [5, 5.41) is 7.03. The standard InChI is InChI=1S/C18H20FN3O4S2/c1-11-7-17(22(21-11)14-5-6-28(25,26)10-14)20-18(24)9-27-16-4-3-13(12(2)23)8-15(16)19/h3-4,7-8,14H,5-6,9-10H2,1-2H3,(H,20,24). The molecule has 0 saturated carbocycles. The number of aromatic nitrogens is 2. The number of sulfone groups is 1. The Labute approximate surface area is 166 Å². The van der Waals surface area contributed by atoms with Crippen molar-refractivity contribution >= 4 is 39.1 Å². The predicted molar refractivity (Wildman–Crippen MR) is 105 cm³/mol. The van der Waals surface area contributed by atoms with Gasteiger partial charge in [0.25, 0.3) is 0 Å². The van der Waals surface area contributed by atoms with Gasteiger partial charge in [-0.3, -0.25) is 9.59 Å². The average molecular weight is 426 g/mol. The molecule has 0 spiro atoms. The van der Waals surface area contributed by atoms with Crippen molar-refractivity contribution in [2.75, 3.05) is 22.6 Å². The summed E-state index contributed by atoms with van der Waals surface area (Å²) < 4.78 is 39.0. The topological polar surface area (TPSA) is 98.1 Å². The van der Waals surface area contributed by atoms with Gasteiger partial charge in [0.1, 0.15) is 11.6 Å². The lowest BCUT2D eigenvalue weighted by atomic mass is 10.1. The molecule has 2 heterocycles. The molecule has 150 valence electrons. The number of carbonyl (C=O) groups is 2. The molecule has 1 aromatic heterocycles. The zero-order valence-corrected chi connectivity index (χ0v) is 17.1. The second-order valence-electron chi connectivity index (χ2n) is 6.71. The number of ketones is 1. The first-order chi connectivity index (χ1) is 13.1. The number of nitrogens with zero attached hydrogens (tertiary/aromatic N) is 2. The van der Waals surface area contributed by atoms with Gasteiger partial charge in [0.05, 0.1) is 29.0 Å². The van der Waals surface area contributed by atoms with E-state index in [0.717, 1.165) is 17.8 Å². The first-order valence-electron chi connectivity index (χ1n) is 8.64. The molecule has 1 N–H and O–H groups in total. The minimum Gasteiger partial charge on any atom is -0.310 e. The van der Waals surface area contributed by atoms with E-state index in [1.807, 2.05) is 0 Å². The lowest BCUT2D eigenvalue weighted by molar-refractivity contribution is -0.113. The Morgan fingerprint density at radius 3 is 2.71 bits per heavy atom. The highest BCUT2D eigenvalue weighted by atomic mass is 32.2. The molecule has 28 heavy (non-hydrogen) atoms. The van der Waals surface area contributed by atoms with E-state index in [0.29, 0.717) is 17.9 Å². The van der Waals surface area contributed by atoms with Crippen LogP contribution in [0.15, 0.2) is 29.2 Å². The van der Waals surface area contributed by atoms with Gasteiger partial charge in [-0.15, -0.1) is 11.8 Å². The Balaban J connectivity index is 1.65. The number of halogens is 1. The summed E-state index contributed by atoms with van der Waals surface area (Å²) in [5.74, 6) is -0.647. The number of carbonyl (C=O) groups excluding carboxylic acids is 2. The van der Waals surface area contributed by atoms with Crippen LogP contribution in [-0.2, 0) is 14.6 Å². The van der Waals surface area contributed by atoms with Gasteiger partial charge in [0.15, 0.2) is 15.6 Å². The van der Waals surface area contributed by atoms with Gasteiger partial charge in [0, 0.05) is 16.5 Å². The van der Waals surface area contributed by atoms with Crippen LogP contribution in [0.3, 0.4) is 0 Å². The molecule has 2 aromatic rings. The number of nitrogens with one attached hydrogen (secondary N) is 1. The Morgan fingerprint density at radius 2 is 2.11 bits per heavy atom. The summed E-state index contributed by atoms with van der Waals surface area (Å²) in [4.78, 5) is 23.9. The average Bonchev–Trinajstić information content (AvgIpc) is 3.15. The highest BCUT2D eigenvalue weighted by Crippen LogP contribution is 2.28. The SMILES string of the molecule is CC(=O)c1ccc(SCC(=O)Nc2cc(C)nn2C2CCS(=O)(=O)C2)c(F)c1. The van der Waals surface area contributed by atoms with Gasteiger partial charge in [-0.25, -0.2) is 17.5 Å². The van der Waals surface area contributed by atoms with Gasteiger partial charge < -0.3 is 5.32 Å². The maximum Gasteiger partial charge on any atom is 0.235 e. The van der Waals surface area contributed by atoms with Crippen molar-refractivity contribution in [1.29, 1.82) is 0 Å². The third-order valence-electron chi connectivity index (χ3n) is 4.38. The number of aryl methyl sites for hydroxylation is 1. The fraction of sp³-hybridized carbons (Fsp3) is 0.389. The van der Waals surface area contributed by atoms with E-state index in [4.69, 9.17) is 0 Å². The highest BCUT2D eigenvalue weighted by molar-refractivity contribution is 8.00. The quantitative estimate of drug-likeness (QED) is 0.564. The molecule has 1 aliphatic rings. The van der Waals surface area contributed by atoms with Crippen molar-refractivity contribution in [3.05, 3.63) is 41.3 Å². The second kappa shape index (κ2) is 8.04. The minimum absolute atomic E-state index is 0.000546. The Hall–Kier alpha value is -2.20. The van der Waals surface area contributed by atoms with Crippen LogP contribution >= 0.6 is 11.8 Å². The van der Waals surface area contributed by atoms with Crippen LogP contribution < -0.4 is 5.32 Å². The van der Waals surface area contributed by atoms with Crippen LogP contribution in [0.2, 0.25) is 0 Å². The van der Waals surface area contributed by atoms with Gasteiger partial charge in [-0.05, 0) is 32.4 Å². The first-order valence-corrected chi connectivity index (χ1v) is 11.4. The van der Waals surface area contributed by atoms with E-state index in [1.165, 1.54) is 19.1 Å².